The van der Waals surface area contributed by atoms with Crippen LogP contribution in [0.25, 0.3) is 0 Å². The van der Waals surface area contributed by atoms with Crippen molar-refractivity contribution in [1.29, 1.82) is 0 Å². The van der Waals surface area contributed by atoms with E-state index in [1.165, 1.54) is 4.90 Å². The van der Waals surface area contributed by atoms with Crippen LogP contribution in [0.1, 0.15) is 6.92 Å². The van der Waals surface area contributed by atoms with Crippen LogP contribution in [0.5, 0.6) is 0 Å². The topological polar surface area (TPSA) is 60.8 Å². The monoisotopic (exact) mass is 227 g/mol. The number of amides is 1. The van der Waals surface area contributed by atoms with E-state index in [0.717, 1.165) is 5.57 Å². The van der Waals surface area contributed by atoms with E-state index in [4.69, 9.17) is 0 Å². The van der Waals surface area contributed by atoms with Crippen LogP contribution in [0.3, 0.4) is 0 Å². The van der Waals surface area contributed by atoms with Gasteiger partial charge in [-0.25, -0.2) is 0 Å². The summed E-state index contributed by atoms with van der Waals surface area (Å²) in [4.78, 5) is 13.1. The van der Waals surface area contributed by atoms with Crippen molar-refractivity contribution in [3.05, 3.63) is 23.9 Å². The SMILES string of the molecule is C=CC1=C(C(O)O)N2C(=O)C(C)C2SC1. The molecule has 1 saturated heterocycles. The summed E-state index contributed by atoms with van der Waals surface area (Å²) in [6, 6.07) is 0. The second kappa shape index (κ2) is 3.66. The quantitative estimate of drug-likeness (QED) is 0.526. The third kappa shape index (κ3) is 1.42. The molecule has 15 heavy (non-hydrogen) atoms. The highest BCUT2D eigenvalue weighted by Gasteiger charge is 2.50. The molecule has 2 rings (SSSR count). The van der Waals surface area contributed by atoms with Crippen LogP contribution in [0.15, 0.2) is 23.9 Å². The molecule has 0 aromatic carbocycles. The molecule has 2 atom stereocenters. The van der Waals surface area contributed by atoms with Gasteiger partial charge < -0.3 is 10.2 Å². The predicted octanol–water partition coefficient (Wildman–Crippen LogP) is 0.288. The highest BCUT2D eigenvalue weighted by molar-refractivity contribution is 8.00. The van der Waals surface area contributed by atoms with Gasteiger partial charge in [-0.3, -0.25) is 9.69 Å². The van der Waals surface area contributed by atoms with E-state index >= 15 is 0 Å². The first kappa shape index (κ1) is 10.7. The molecule has 1 amide bonds. The lowest BCUT2D eigenvalue weighted by molar-refractivity contribution is -0.150. The summed E-state index contributed by atoms with van der Waals surface area (Å²) in [7, 11) is 0. The standard InChI is InChI=1S/C10H13NO3S/c1-3-6-4-15-9-5(2)8(12)11(9)7(6)10(13)14/h3,5,9-10,13-14H,1,4H2,2H3. The lowest BCUT2D eigenvalue weighted by Crippen LogP contribution is -2.60. The average Bonchev–Trinajstić information content (AvgIpc) is 2.25. The minimum Gasteiger partial charge on any atom is -0.363 e. The van der Waals surface area contributed by atoms with Crippen LogP contribution in [0, 0.1) is 5.92 Å². The van der Waals surface area contributed by atoms with Crippen molar-refractivity contribution in [1.82, 2.24) is 4.90 Å². The fourth-order valence-corrected chi connectivity index (χ4v) is 3.33. The summed E-state index contributed by atoms with van der Waals surface area (Å²) in [6.07, 6.45) is -0.0216. The maximum atomic E-state index is 11.6. The van der Waals surface area contributed by atoms with Gasteiger partial charge in [-0.15, -0.1) is 11.8 Å². The second-order valence-corrected chi connectivity index (χ2v) is 4.79. The maximum Gasteiger partial charge on any atom is 0.233 e. The smallest absolute Gasteiger partial charge is 0.233 e. The highest BCUT2D eigenvalue weighted by atomic mass is 32.2. The number of thioether (sulfide) groups is 1. The molecule has 2 N–H and O–H groups in total. The average molecular weight is 227 g/mol. The van der Waals surface area contributed by atoms with Crippen LogP contribution in [-0.2, 0) is 4.79 Å². The van der Waals surface area contributed by atoms with Gasteiger partial charge in [0.25, 0.3) is 0 Å². The molecular formula is C10H13NO3S. The fraction of sp³-hybridized carbons (Fsp3) is 0.500. The molecule has 2 aliphatic heterocycles. The summed E-state index contributed by atoms with van der Waals surface area (Å²) in [6.45, 7) is 5.47. The molecule has 2 heterocycles. The van der Waals surface area contributed by atoms with Crippen LogP contribution in [-0.4, -0.2) is 38.4 Å². The largest absolute Gasteiger partial charge is 0.363 e. The van der Waals surface area contributed by atoms with E-state index in [1.807, 2.05) is 6.92 Å². The van der Waals surface area contributed by atoms with Crippen molar-refractivity contribution in [2.75, 3.05) is 5.75 Å². The van der Waals surface area contributed by atoms with Crippen LogP contribution < -0.4 is 0 Å². The zero-order chi connectivity index (χ0) is 11.2. The Morgan fingerprint density at radius 3 is 2.87 bits per heavy atom. The second-order valence-electron chi connectivity index (χ2n) is 3.69. The number of hydrogen-bond acceptors (Lipinski definition) is 4. The Hall–Kier alpha value is -0.780. The molecule has 0 aliphatic carbocycles. The molecule has 5 heteroatoms. The molecular weight excluding hydrogens is 214 g/mol. The lowest BCUT2D eigenvalue weighted by atomic mass is 9.97. The van der Waals surface area contributed by atoms with Gasteiger partial charge in [-0.05, 0) is 5.57 Å². The Bertz CT molecular complexity index is 351. The van der Waals surface area contributed by atoms with E-state index in [-0.39, 0.29) is 17.2 Å². The van der Waals surface area contributed by atoms with Gasteiger partial charge in [0, 0.05) is 5.75 Å². The first-order chi connectivity index (χ1) is 7.07. The Balaban J connectivity index is 2.38. The molecule has 0 saturated carbocycles. The molecule has 82 valence electrons. The van der Waals surface area contributed by atoms with Gasteiger partial charge in [-0.1, -0.05) is 19.6 Å². The van der Waals surface area contributed by atoms with Crippen LogP contribution >= 0.6 is 11.8 Å². The van der Waals surface area contributed by atoms with E-state index in [2.05, 4.69) is 6.58 Å². The highest BCUT2D eigenvalue weighted by Crippen LogP contribution is 2.44. The van der Waals surface area contributed by atoms with Crippen molar-refractivity contribution in [3.63, 3.8) is 0 Å². The van der Waals surface area contributed by atoms with E-state index in [9.17, 15) is 15.0 Å². The van der Waals surface area contributed by atoms with Crippen LogP contribution in [0.4, 0.5) is 0 Å². The number of nitrogens with zero attached hydrogens (tertiary/aromatic N) is 1. The molecule has 2 unspecified atom stereocenters. The fourth-order valence-electron chi connectivity index (χ4n) is 1.94. The number of aliphatic hydroxyl groups is 2. The van der Waals surface area contributed by atoms with Crippen LogP contribution in [0.2, 0.25) is 0 Å². The summed E-state index contributed by atoms with van der Waals surface area (Å²) < 4.78 is 0. The number of allylic oxidation sites excluding steroid dienone is 1. The molecule has 0 aromatic rings. The number of carbonyl (C=O) groups is 1. The number of β-lactam (4-membered cyclic amide) rings is 1. The normalized spacial score (nSPS) is 30.4. The first-order valence-electron chi connectivity index (χ1n) is 4.74. The Labute approximate surface area is 92.3 Å². The van der Waals surface area contributed by atoms with Gasteiger partial charge in [0.1, 0.15) is 0 Å². The van der Waals surface area contributed by atoms with Crippen molar-refractivity contribution in [2.24, 2.45) is 5.92 Å². The third-order valence-electron chi connectivity index (χ3n) is 2.80. The minimum atomic E-state index is -1.60. The Morgan fingerprint density at radius 1 is 1.67 bits per heavy atom. The van der Waals surface area contributed by atoms with Gasteiger partial charge in [0.2, 0.25) is 5.91 Å². The lowest BCUT2D eigenvalue weighted by Gasteiger charge is -2.49. The predicted molar refractivity (Wildman–Crippen MR) is 57.7 cm³/mol. The minimum absolute atomic E-state index is 0.0323. The van der Waals surface area contributed by atoms with Crippen molar-refractivity contribution in [3.8, 4) is 0 Å². The molecule has 4 nitrogen and oxygen atoms in total. The van der Waals surface area contributed by atoms with Gasteiger partial charge in [0.15, 0.2) is 6.29 Å². The molecule has 1 fully saturated rings. The molecule has 2 aliphatic rings. The van der Waals surface area contributed by atoms with Gasteiger partial charge in [0.05, 0.1) is 17.0 Å². The van der Waals surface area contributed by atoms with Crippen molar-refractivity contribution >= 4 is 17.7 Å². The zero-order valence-corrected chi connectivity index (χ0v) is 9.20. The molecule has 0 bridgehead atoms. The molecule has 0 aromatic heterocycles. The Kier molecular flexibility index (Phi) is 2.62. The number of aliphatic hydroxyl groups excluding tert-OH is 1. The van der Waals surface area contributed by atoms with Gasteiger partial charge >= 0.3 is 0 Å². The summed E-state index contributed by atoms with van der Waals surface area (Å²) >= 11 is 1.63. The number of fused-ring (bicyclic) bond motifs is 1. The van der Waals surface area contributed by atoms with E-state index in [1.54, 1.807) is 17.8 Å². The number of carbonyl (C=O) groups excluding carboxylic acids is 1. The number of hydrogen-bond donors (Lipinski definition) is 2. The maximum absolute atomic E-state index is 11.6. The number of rotatable bonds is 2. The Morgan fingerprint density at radius 2 is 2.33 bits per heavy atom. The molecule has 0 spiro atoms. The molecule has 0 radical (unpaired) electrons. The van der Waals surface area contributed by atoms with E-state index in [0.29, 0.717) is 11.4 Å². The summed E-state index contributed by atoms with van der Waals surface area (Å²) in [5.74, 6) is 0.597. The first-order valence-corrected chi connectivity index (χ1v) is 5.79. The van der Waals surface area contributed by atoms with E-state index < -0.39 is 6.29 Å². The van der Waals surface area contributed by atoms with Crippen molar-refractivity contribution in [2.45, 2.75) is 18.6 Å². The van der Waals surface area contributed by atoms with Gasteiger partial charge in [-0.2, -0.15) is 0 Å². The summed E-state index contributed by atoms with van der Waals surface area (Å²) in [5.41, 5.74) is 1.03. The van der Waals surface area contributed by atoms with Crippen molar-refractivity contribution < 1.29 is 15.0 Å². The third-order valence-corrected chi connectivity index (χ3v) is 4.24. The zero-order valence-electron chi connectivity index (χ0n) is 8.38. The summed E-state index contributed by atoms with van der Waals surface area (Å²) in [5, 5.41) is 18.6.